The molecule has 1 aromatic rings. The molecule has 0 aliphatic rings. The zero-order chi connectivity index (χ0) is 16.8. The maximum atomic E-state index is 12.4. The molecule has 0 saturated carbocycles. The largest absolute Gasteiger partial charge is 0.354 e. The van der Waals surface area contributed by atoms with Gasteiger partial charge < -0.3 is 10.6 Å². The van der Waals surface area contributed by atoms with E-state index in [4.69, 9.17) is 0 Å². The van der Waals surface area contributed by atoms with Gasteiger partial charge in [0.15, 0.2) is 0 Å². The Morgan fingerprint density at radius 1 is 1.22 bits per heavy atom. The van der Waals surface area contributed by atoms with Crippen LogP contribution < -0.4 is 10.6 Å². The molecule has 1 rings (SSSR count). The van der Waals surface area contributed by atoms with E-state index >= 15 is 0 Å². The Balaban J connectivity index is 0.00000484. The minimum atomic E-state index is -4.59. The van der Waals surface area contributed by atoms with Gasteiger partial charge >= 0.3 is 5.76 Å². The molecule has 9 heteroatoms. The molecule has 1 aromatic carbocycles. The highest BCUT2D eigenvalue weighted by molar-refractivity contribution is 7.91. The van der Waals surface area contributed by atoms with E-state index in [1.165, 1.54) is 12.1 Å². The molecule has 0 saturated heterocycles. The lowest BCUT2D eigenvalue weighted by Gasteiger charge is -2.13. The summed E-state index contributed by atoms with van der Waals surface area (Å²) in [6.45, 7) is 5.18. The lowest BCUT2D eigenvalue weighted by Crippen LogP contribution is -2.39. The summed E-state index contributed by atoms with van der Waals surface area (Å²) in [5.41, 5.74) is 0.557. The first kappa shape index (κ1) is 21.8. The van der Waals surface area contributed by atoms with E-state index in [0.717, 1.165) is 18.7 Å². The molecule has 0 unspecified atom stereocenters. The summed E-state index contributed by atoms with van der Waals surface area (Å²) in [5, 5.41) is 5.89. The molecule has 0 fully saturated rings. The van der Waals surface area contributed by atoms with Gasteiger partial charge in [0.05, 0.1) is 11.3 Å². The van der Waals surface area contributed by atoms with Crippen molar-refractivity contribution in [1.29, 1.82) is 0 Å². The molecule has 5 nitrogen and oxygen atoms in total. The van der Waals surface area contributed by atoms with Gasteiger partial charge in [-0.1, -0.05) is 19.1 Å². The van der Waals surface area contributed by atoms with Gasteiger partial charge in [-0.3, -0.25) is 4.79 Å². The molecule has 0 heterocycles. The number of benzene rings is 1. The molecular weight excluding hydrogens is 350 g/mol. The van der Waals surface area contributed by atoms with Crippen LogP contribution in [0.4, 0.5) is 8.78 Å². The molecule has 0 aromatic heterocycles. The number of hydrogen-bond donors (Lipinski definition) is 2. The molecule has 0 aliphatic heterocycles. The van der Waals surface area contributed by atoms with Crippen molar-refractivity contribution in [2.45, 2.75) is 37.0 Å². The van der Waals surface area contributed by atoms with E-state index in [2.05, 4.69) is 10.6 Å². The van der Waals surface area contributed by atoms with E-state index in [1.807, 2.05) is 13.8 Å². The van der Waals surface area contributed by atoms with Gasteiger partial charge in [0.1, 0.15) is 0 Å². The summed E-state index contributed by atoms with van der Waals surface area (Å²) in [6.07, 6.45) is 0.0633. The first-order valence-electron chi connectivity index (χ1n) is 6.88. The Labute approximate surface area is 141 Å². The standard InChI is InChI=1S/C14H20F2N2O3S.ClH/c1-3-17-10(2)9-18-13(19)8-11-4-6-12(7-5-11)22(20,21)14(15)16;/h4-7,10,14,17H,3,8-9H2,1-2H3,(H,18,19);1H/t10-;/m1./s1. The molecule has 0 aliphatic carbocycles. The van der Waals surface area contributed by atoms with Crippen molar-refractivity contribution < 1.29 is 22.0 Å². The Morgan fingerprint density at radius 3 is 2.26 bits per heavy atom. The monoisotopic (exact) mass is 370 g/mol. The predicted octanol–water partition coefficient (Wildman–Crippen LogP) is 1.76. The van der Waals surface area contributed by atoms with Crippen molar-refractivity contribution in [3.8, 4) is 0 Å². The van der Waals surface area contributed by atoms with Crippen molar-refractivity contribution in [2.24, 2.45) is 0 Å². The van der Waals surface area contributed by atoms with Crippen LogP contribution in [-0.4, -0.2) is 39.2 Å². The maximum Gasteiger partial charge on any atom is 0.341 e. The minimum Gasteiger partial charge on any atom is -0.354 e. The highest BCUT2D eigenvalue weighted by Crippen LogP contribution is 2.18. The topological polar surface area (TPSA) is 75.3 Å². The van der Waals surface area contributed by atoms with Crippen molar-refractivity contribution in [1.82, 2.24) is 10.6 Å². The zero-order valence-corrected chi connectivity index (χ0v) is 14.5. The molecule has 23 heavy (non-hydrogen) atoms. The van der Waals surface area contributed by atoms with Gasteiger partial charge in [-0.05, 0) is 31.2 Å². The van der Waals surface area contributed by atoms with Crippen LogP contribution in [0.25, 0.3) is 0 Å². The highest BCUT2D eigenvalue weighted by atomic mass is 35.5. The van der Waals surface area contributed by atoms with Crippen LogP contribution in [-0.2, 0) is 21.1 Å². The summed E-state index contributed by atoms with van der Waals surface area (Å²) in [5.74, 6) is -3.66. The van der Waals surface area contributed by atoms with Crippen molar-refractivity contribution in [3.63, 3.8) is 0 Å². The Kier molecular flexibility index (Phi) is 9.26. The zero-order valence-electron chi connectivity index (χ0n) is 12.9. The van der Waals surface area contributed by atoms with Crippen molar-refractivity contribution >= 4 is 28.2 Å². The highest BCUT2D eigenvalue weighted by Gasteiger charge is 2.26. The van der Waals surface area contributed by atoms with Gasteiger partial charge in [-0.2, -0.15) is 8.78 Å². The first-order chi connectivity index (χ1) is 10.3. The molecule has 0 radical (unpaired) electrons. The normalized spacial score (nSPS) is 12.6. The number of amides is 1. The van der Waals surface area contributed by atoms with Crippen LogP contribution in [0.15, 0.2) is 29.2 Å². The molecular formula is C14H21ClF2N2O3S. The predicted molar refractivity (Wildman–Crippen MR) is 86.7 cm³/mol. The fraction of sp³-hybridized carbons (Fsp3) is 0.500. The number of hydrogen-bond acceptors (Lipinski definition) is 4. The number of rotatable bonds is 8. The third-order valence-corrected chi connectivity index (χ3v) is 4.41. The van der Waals surface area contributed by atoms with Crippen LogP contribution in [0.5, 0.6) is 0 Å². The third kappa shape index (κ3) is 6.80. The van der Waals surface area contributed by atoms with Crippen LogP contribution in [0, 0.1) is 0 Å². The van der Waals surface area contributed by atoms with Crippen LogP contribution in [0.2, 0.25) is 0 Å². The summed E-state index contributed by atoms with van der Waals surface area (Å²) in [4.78, 5) is 11.3. The quantitative estimate of drug-likeness (QED) is 0.731. The van der Waals surface area contributed by atoms with Crippen LogP contribution in [0.1, 0.15) is 19.4 Å². The molecule has 2 N–H and O–H groups in total. The summed E-state index contributed by atoms with van der Waals surface area (Å²) in [7, 11) is -4.59. The second-order valence-electron chi connectivity index (χ2n) is 4.89. The Bertz CT molecular complexity index is 595. The van der Waals surface area contributed by atoms with Gasteiger partial charge in [0.25, 0.3) is 0 Å². The molecule has 0 bridgehead atoms. The smallest absolute Gasteiger partial charge is 0.341 e. The van der Waals surface area contributed by atoms with E-state index in [1.54, 1.807) is 0 Å². The lowest BCUT2D eigenvalue weighted by atomic mass is 10.1. The Morgan fingerprint density at radius 2 is 1.78 bits per heavy atom. The number of alkyl halides is 2. The summed E-state index contributed by atoms with van der Waals surface area (Å²) in [6, 6.07) is 5.05. The van der Waals surface area contributed by atoms with Gasteiger partial charge in [-0.15, -0.1) is 12.4 Å². The van der Waals surface area contributed by atoms with Gasteiger partial charge in [-0.25, -0.2) is 8.42 Å². The number of carbonyl (C=O) groups is 1. The number of nitrogens with one attached hydrogen (secondary N) is 2. The van der Waals surface area contributed by atoms with E-state index in [-0.39, 0.29) is 30.8 Å². The summed E-state index contributed by atoms with van der Waals surface area (Å²) < 4.78 is 47.3. The number of halogens is 3. The molecule has 132 valence electrons. The van der Waals surface area contributed by atoms with Crippen molar-refractivity contribution in [3.05, 3.63) is 29.8 Å². The second-order valence-corrected chi connectivity index (χ2v) is 6.81. The maximum absolute atomic E-state index is 12.4. The average Bonchev–Trinajstić information content (AvgIpc) is 2.46. The van der Waals surface area contributed by atoms with Gasteiger partial charge in [0, 0.05) is 12.6 Å². The number of sulfone groups is 1. The summed E-state index contributed by atoms with van der Waals surface area (Å²) >= 11 is 0. The fourth-order valence-corrected chi connectivity index (χ4v) is 2.56. The third-order valence-electron chi connectivity index (χ3n) is 3.01. The molecule has 0 spiro atoms. The first-order valence-corrected chi connectivity index (χ1v) is 8.43. The van der Waals surface area contributed by atoms with E-state index in [0.29, 0.717) is 12.1 Å². The average molecular weight is 371 g/mol. The van der Waals surface area contributed by atoms with Crippen molar-refractivity contribution in [2.75, 3.05) is 13.1 Å². The molecule has 1 atom stereocenters. The second kappa shape index (κ2) is 9.79. The van der Waals surface area contributed by atoms with E-state index in [9.17, 15) is 22.0 Å². The Hall–Kier alpha value is -1.25. The number of likely N-dealkylation sites (N-methyl/N-ethyl adjacent to an activating group) is 1. The number of carbonyl (C=O) groups excluding carboxylic acids is 1. The van der Waals surface area contributed by atoms with Gasteiger partial charge in [0.2, 0.25) is 15.7 Å². The van der Waals surface area contributed by atoms with Crippen LogP contribution >= 0.6 is 12.4 Å². The fourth-order valence-electron chi connectivity index (χ4n) is 1.84. The van der Waals surface area contributed by atoms with Crippen LogP contribution in [0.3, 0.4) is 0 Å². The van der Waals surface area contributed by atoms with E-state index < -0.39 is 20.5 Å². The molecule has 1 amide bonds. The lowest BCUT2D eigenvalue weighted by molar-refractivity contribution is -0.120. The minimum absolute atomic E-state index is 0. The SMILES string of the molecule is CCN[C@H](C)CNC(=O)Cc1ccc(S(=O)(=O)C(F)F)cc1.Cl.